The summed E-state index contributed by atoms with van der Waals surface area (Å²) in [7, 11) is 0. The van der Waals surface area contributed by atoms with Gasteiger partial charge in [-0.1, -0.05) is 52.0 Å². The standard InChI is InChI=1S/C16H27N/c1-5-13(4)14-6-8-15(9-7-14)16(10-11-17)12(2)3/h6-9,12-13,16H,5,10-11,17H2,1-4H3. The van der Waals surface area contributed by atoms with Gasteiger partial charge in [-0.05, 0) is 48.3 Å². The smallest absolute Gasteiger partial charge is 0.00713 e. The van der Waals surface area contributed by atoms with E-state index >= 15 is 0 Å². The lowest BCUT2D eigenvalue weighted by Crippen LogP contribution is -2.12. The average molecular weight is 233 g/mol. The predicted molar refractivity (Wildman–Crippen MR) is 76.4 cm³/mol. The van der Waals surface area contributed by atoms with Crippen LogP contribution in [0.4, 0.5) is 0 Å². The normalized spacial score (nSPS) is 14.9. The molecule has 17 heavy (non-hydrogen) atoms. The molecule has 0 bridgehead atoms. The summed E-state index contributed by atoms with van der Waals surface area (Å²) >= 11 is 0. The highest BCUT2D eigenvalue weighted by Crippen LogP contribution is 2.29. The van der Waals surface area contributed by atoms with E-state index in [1.54, 1.807) is 0 Å². The molecule has 0 aliphatic carbocycles. The van der Waals surface area contributed by atoms with Crippen LogP contribution in [0.3, 0.4) is 0 Å². The number of hydrogen-bond donors (Lipinski definition) is 1. The average Bonchev–Trinajstić information content (AvgIpc) is 2.35. The molecule has 0 fully saturated rings. The van der Waals surface area contributed by atoms with Gasteiger partial charge in [0.25, 0.3) is 0 Å². The summed E-state index contributed by atoms with van der Waals surface area (Å²) in [6, 6.07) is 9.16. The van der Waals surface area contributed by atoms with Crippen LogP contribution in [0.15, 0.2) is 24.3 Å². The third-order valence-corrected chi connectivity index (χ3v) is 3.83. The molecule has 1 heteroatoms. The molecule has 1 aromatic rings. The van der Waals surface area contributed by atoms with Crippen molar-refractivity contribution in [2.75, 3.05) is 6.54 Å². The fraction of sp³-hybridized carbons (Fsp3) is 0.625. The van der Waals surface area contributed by atoms with Crippen LogP contribution in [0.1, 0.15) is 63.5 Å². The van der Waals surface area contributed by atoms with Crippen LogP contribution < -0.4 is 5.73 Å². The summed E-state index contributed by atoms with van der Waals surface area (Å²) in [5.41, 5.74) is 8.60. The van der Waals surface area contributed by atoms with E-state index in [0.29, 0.717) is 17.8 Å². The molecule has 0 amide bonds. The van der Waals surface area contributed by atoms with Crippen molar-refractivity contribution in [1.29, 1.82) is 0 Å². The number of benzene rings is 1. The van der Waals surface area contributed by atoms with E-state index in [1.165, 1.54) is 17.5 Å². The molecular weight excluding hydrogens is 206 g/mol. The van der Waals surface area contributed by atoms with Gasteiger partial charge in [-0.15, -0.1) is 0 Å². The minimum atomic E-state index is 0.603. The molecule has 2 unspecified atom stereocenters. The van der Waals surface area contributed by atoms with Crippen molar-refractivity contribution in [1.82, 2.24) is 0 Å². The molecule has 0 radical (unpaired) electrons. The maximum Gasteiger partial charge on any atom is -0.00713 e. The van der Waals surface area contributed by atoms with Gasteiger partial charge in [0.15, 0.2) is 0 Å². The fourth-order valence-electron chi connectivity index (χ4n) is 2.37. The lowest BCUT2D eigenvalue weighted by molar-refractivity contribution is 0.473. The van der Waals surface area contributed by atoms with Crippen molar-refractivity contribution < 1.29 is 0 Å². The zero-order chi connectivity index (χ0) is 12.8. The van der Waals surface area contributed by atoms with Crippen molar-refractivity contribution in [3.8, 4) is 0 Å². The molecule has 0 spiro atoms. The molecule has 0 saturated carbocycles. The van der Waals surface area contributed by atoms with Gasteiger partial charge < -0.3 is 5.73 Å². The van der Waals surface area contributed by atoms with Gasteiger partial charge in [0.05, 0.1) is 0 Å². The van der Waals surface area contributed by atoms with E-state index in [-0.39, 0.29) is 0 Å². The summed E-state index contributed by atoms with van der Waals surface area (Å²) < 4.78 is 0. The Kier molecular flexibility index (Phi) is 5.70. The Labute approximate surface area is 106 Å². The Balaban J connectivity index is 2.84. The third-order valence-electron chi connectivity index (χ3n) is 3.83. The van der Waals surface area contributed by atoms with Gasteiger partial charge in [0, 0.05) is 0 Å². The van der Waals surface area contributed by atoms with Crippen LogP contribution in [-0.2, 0) is 0 Å². The largest absolute Gasteiger partial charge is 0.330 e. The van der Waals surface area contributed by atoms with Crippen LogP contribution in [-0.4, -0.2) is 6.54 Å². The molecule has 0 aliphatic heterocycles. The molecule has 0 heterocycles. The Bertz CT molecular complexity index is 313. The highest BCUT2D eigenvalue weighted by atomic mass is 14.5. The first-order chi connectivity index (χ1) is 8.10. The summed E-state index contributed by atoms with van der Waals surface area (Å²) in [4.78, 5) is 0. The molecule has 0 aliphatic rings. The summed E-state index contributed by atoms with van der Waals surface area (Å²) in [5.74, 6) is 1.93. The third kappa shape index (κ3) is 3.85. The molecule has 0 aromatic heterocycles. The molecule has 96 valence electrons. The lowest BCUT2D eigenvalue weighted by atomic mass is 9.84. The first-order valence-corrected chi connectivity index (χ1v) is 6.90. The van der Waals surface area contributed by atoms with Gasteiger partial charge in [-0.25, -0.2) is 0 Å². The van der Waals surface area contributed by atoms with Crippen LogP contribution >= 0.6 is 0 Å². The molecular formula is C16H27N. The second-order valence-electron chi connectivity index (χ2n) is 5.40. The second kappa shape index (κ2) is 6.80. The van der Waals surface area contributed by atoms with Gasteiger partial charge in [0.1, 0.15) is 0 Å². The Morgan fingerprint density at radius 3 is 1.94 bits per heavy atom. The SMILES string of the molecule is CCC(C)c1ccc(C(CCN)C(C)C)cc1. The Hall–Kier alpha value is -0.820. The Morgan fingerprint density at radius 1 is 1.00 bits per heavy atom. The van der Waals surface area contributed by atoms with Gasteiger partial charge >= 0.3 is 0 Å². The van der Waals surface area contributed by atoms with Gasteiger partial charge in [-0.2, -0.15) is 0 Å². The second-order valence-corrected chi connectivity index (χ2v) is 5.40. The lowest BCUT2D eigenvalue weighted by Gasteiger charge is -2.21. The first-order valence-electron chi connectivity index (χ1n) is 6.90. The molecule has 1 rings (SSSR count). The summed E-state index contributed by atoms with van der Waals surface area (Å²) in [5, 5.41) is 0. The highest BCUT2D eigenvalue weighted by Gasteiger charge is 2.15. The van der Waals surface area contributed by atoms with Crippen molar-refractivity contribution in [3.63, 3.8) is 0 Å². The van der Waals surface area contributed by atoms with E-state index < -0.39 is 0 Å². The quantitative estimate of drug-likeness (QED) is 0.779. The fourth-order valence-corrected chi connectivity index (χ4v) is 2.37. The van der Waals surface area contributed by atoms with Gasteiger partial charge in [0.2, 0.25) is 0 Å². The van der Waals surface area contributed by atoms with Crippen molar-refractivity contribution in [2.24, 2.45) is 11.7 Å². The molecule has 2 N–H and O–H groups in total. The highest BCUT2D eigenvalue weighted by molar-refractivity contribution is 5.27. The number of rotatable bonds is 6. The van der Waals surface area contributed by atoms with E-state index in [4.69, 9.17) is 5.73 Å². The van der Waals surface area contributed by atoms with Crippen LogP contribution in [0, 0.1) is 5.92 Å². The van der Waals surface area contributed by atoms with Crippen molar-refractivity contribution in [3.05, 3.63) is 35.4 Å². The monoisotopic (exact) mass is 233 g/mol. The van der Waals surface area contributed by atoms with E-state index in [2.05, 4.69) is 52.0 Å². The van der Waals surface area contributed by atoms with Crippen molar-refractivity contribution >= 4 is 0 Å². The topological polar surface area (TPSA) is 26.0 Å². The number of nitrogens with two attached hydrogens (primary N) is 1. The summed E-state index contributed by atoms with van der Waals surface area (Å²) in [6.07, 6.45) is 2.29. The Morgan fingerprint density at radius 2 is 1.53 bits per heavy atom. The van der Waals surface area contributed by atoms with Crippen LogP contribution in [0.5, 0.6) is 0 Å². The van der Waals surface area contributed by atoms with Crippen molar-refractivity contribution in [2.45, 2.75) is 52.4 Å². The van der Waals surface area contributed by atoms with Crippen LogP contribution in [0.25, 0.3) is 0 Å². The number of hydrogen-bond acceptors (Lipinski definition) is 1. The molecule has 1 aromatic carbocycles. The minimum Gasteiger partial charge on any atom is -0.330 e. The summed E-state index contributed by atoms with van der Waals surface area (Å²) in [6.45, 7) is 9.86. The van der Waals surface area contributed by atoms with Gasteiger partial charge in [-0.3, -0.25) is 0 Å². The first kappa shape index (κ1) is 14.2. The zero-order valence-electron chi connectivity index (χ0n) is 11.7. The maximum absolute atomic E-state index is 5.70. The molecule has 1 nitrogen and oxygen atoms in total. The van der Waals surface area contributed by atoms with E-state index in [9.17, 15) is 0 Å². The predicted octanol–water partition coefficient (Wildman–Crippen LogP) is 4.29. The van der Waals surface area contributed by atoms with E-state index in [1.807, 2.05) is 0 Å². The van der Waals surface area contributed by atoms with Crippen LogP contribution in [0.2, 0.25) is 0 Å². The zero-order valence-corrected chi connectivity index (χ0v) is 11.7. The molecule has 0 saturated heterocycles. The molecule has 2 atom stereocenters. The maximum atomic E-state index is 5.70. The van der Waals surface area contributed by atoms with E-state index in [0.717, 1.165) is 13.0 Å². The minimum absolute atomic E-state index is 0.603.